The zero-order chi connectivity index (χ0) is 21.8. The van der Waals surface area contributed by atoms with Crippen LogP contribution >= 0.6 is 0 Å². The van der Waals surface area contributed by atoms with Crippen LogP contribution in [0, 0.1) is 0 Å². The molecule has 0 unspecified atom stereocenters. The number of benzene rings is 2. The van der Waals surface area contributed by atoms with Gasteiger partial charge in [-0.05, 0) is 48.4 Å². The molecule has 164 valence electrons. The Bertz CT molecular complexity index is 1060. The Morgan fingerprint density at radius 2 is 1.88 bits per heavy atom. The molecule has 1 aromatic heterocycles. The predicted molar refractivity (Wildman–Crippen MR) is 122 cm³/mol. The quantitative estimate of drug-likeness (QED) is 0.599. The van der Waals surface area contributed by atoms with Gasteiger partial charge in [0.05, 0.1) is 12.2 Å². The first-order chi connectivity index (χ1) is 15.7. The van der Waals surface area contributed by atoms with Gasteiger partial charge in [0.2, 0.25) is 0 Å². The number of morpholine rings is 1. The third-order valence-corrected chi connectivity index (χ3v) is 6.13. The molecule has 32 heavy (non-hydrogen) atoms. The smallest absolute Gasteiger partial charge is 0.253 e. The highest BCUT2D eigenvalue weighted by molar-refractivity contribution is 5.95. The van der Waals surface area contributed by atoms with Crippen LogP contribution in [0.4, 0.5) is 5.69 Å². The van der Waals surface area contributed by atoms with Crippen LogP contribution in [0.2, 0.25) is 0 Å². The Morgan fingerprint density at radius 1 is 1.00 bits per heavy atom. The first-order valence-electron chi connectivity index (χ1n) is 11.0. The van der Waals surface area contributed by atoms with Gasteiger partial charge >= 0.3 is 0 Å². The summed E-state index contributed by atoms with van der Waals surface area (Å²) in [7, 11) is 0. The van der Waals surface area contributed by atoms with Crippen molar-refractivity contribution in [3.05, 3.63) is 90.3 Å². The zero-order valence-corrected chi connectivity index (χ0v) is 18.0. The number of aromatic nitrogens is 1. The molecule has 2 aliphatic rings. The van der Waals surface area contributed by atoms with E-state index in [0.717, 1.165) is 43.2 Å². The minimum absolute atomic E-state index is 0.0260. The number of para-hydroxylation sites is 1. The van der Waals surface area contributed by atoms with E-state index in [1.54, 1.807) is 6.20 Å². The SMILES string of the molecule is O=C1CO[C@]2(CCN(Cc3cccc(OCc4ccccn4)c3)C2)CN1c1ccccc1. The molecule has 0 saturated carbocycles. The predicted octanol–water partition coefficient (Wildman–Crippen LogP) is 3.67. The highest BCUT2D eigenvalue weighted by Gasteiger charge is 2.45. The van der Waals surface area contributed by atoms with Gasteiger partial charge in [-0.2, -0.15) is 0 Å². The fourth-order valence-corrected chi connectivity index (χ4v) is 4.50. The highest BCUT2D eigenvalue weighted by Crippen LogP contribution is 2.33. The van der Waals surface area contributed by atoms with Crippen molar-refractivity contribution in [3.8, 4) is 5.75 Å². The van der Waals surface area contributed by atoms with Crippen LogP contribution in [-0.2, 0) is 22.7 Å². The Kier molecular flexibility index (Phi) is 5.88. The second kappa shape index (κ2) is 9.10. The Morgan fingerprint density at radius 3 is 2.72 bits per heavy atom. The van der Waals surface area contributed by atoms with Gasteiger partial charge in [-0.3, -0.25) is 14.7 Å². The summed E-state index contributed by atoms with van der Waals surface area (Å²) >= 11 is 0. The van der Waals surface area contributed by atoms with Crippen LogP contribution in [0.5, 0.6) is 5.75 Å². The number of pyridine rings is 1. The van der Waals surface area contributed by atoms with Crippen molar-refractivity contribution < 1.29 is 14.3 Å². The fourth-order valence-electron chi connectivity index (χ4n) is 4.50. The van der Waals surface area contributed by atoms with Crippen molar-refractivity contribution in [2.75, 3.05) is 31.1 Å². The van der Waals surface area contributed by atoms with Crippen molar-refractivity contribution in [2.45, 2.75) is 25.2 Å². The molecule has 0 N–H and O–H groups in total. The zero-order valence-electron chi connectivity index (χ0n) is 18.0. The summed E-state index contributed by atoms with van der Waals surface area (Å²) in [5, 5.41) is 0. The van der Waals surface area contributed by atoms with Gasteiger partial charge in [-0.1, -0.05) is 36.4 Å². The minimum atomic E-state index is -0.309. The largest absolute Gasteiger partial charge is 0.487 e. The average molecular weight is 430 g/mol. The van der Waals surface area contributed by atoms with E-state index in [1.165, 1.54) is 5.56 Å². The average Bonchev–Trinajstić information content (AvgIpc) is 3.23. The van der Waals surface area contributed by atoms with Gasteiger partial charge in [-0.25, -0.2) is 0 Å². The number of carbonyl (C=O) groups is 1. The number of anilines is 1. The topological polar surface area (TPSA) is 54.9 Å². The highest BCUT2D eigenvalue weighted by atomic mass is 16.5. The van der Waals surface area contributed by atoms with Crippen molar-refractivity contribution in [1.29, 1.82) is 0 Å². The summed E-state index contributed by atoms with van der Waals surface area (Å²) in [6.45, 7) is 3.76. The number of amides is 1. The maximum absolute atomic E-state index is 12.5. The molecule has 6 heteroatoms. The lowest BCUT2D eigenvalue weighted by Crippen LogP contribution is -2.56. The summed E-state index contributed by atoms with van der Waals surface area (Å²) in [6, 6.07) is 23.9. The lowest BCUT2D eigenvalue weighted by atomic mass is 10.00. The summed E-state index contributed by atoms with van der Waals surface area (Å²) in [5.74, 6) is 0.870. The van der Waals surface area contributed by atoms with Crippen molar-refractivity contribution in [3.63, 3.8) is 0 Å². The molecule has 0 aliphatic carbocycles. The lowest BCUT2D eigenvalue weighted by Gasteiger charge is -2.40. The molecular formula is C26H27N3O3. The molecule has 3 aromatic rings. The number of hydrogen-bond donors (Lipinski definition) is 0. The molecular weight excluding hydrogens is 402 g/mol. The molecule has 3 heterocycles. The second-order valence-electron chi connectivity index (χ2n) is 8.50. The summed E-state index contributed by atoms with van der Waals surface area (Å²) < 4.78 is 12.0. The Balaban J connectivity index is 1.21. The molecule has 0 radical (unpaired) electrons. The lowest BCUT2D eigenvalue weighted by molar-refractivity contribution is -0.137. The van der Waals surface area contributed by atoms with Gasteiger partial charge < -0.3 is 14.4 Å². The van der Waals surface area contributed by atoms with Crippen LogP contribution in [0.25, 0.3) is 0 Å². The van der Waals surface area contributed by atoms with Crippen LogP contribution in [-0.4, -0.2) is 47.6 Å². The van der Waals surface area contributed by atoms with E-state index in [1.807, 2.05) is 65.6 Å². The molecule has 1 atom stereocenters. The summed E-state index contributed by atoms with van der Waals surface area (Å²) in [4.78, 5) is 21.1. The van der Waals surface area contributed by atoms with E-state index < -0.39 is 0 Å². The van der Waals surface area contributed by atoms with E-state index in [4.69, 9.17) is 9.47 Å². The molecule has 2 fully saturated rings. The van der Waals surface area contributed by atoms with Crippen LogP contribution in [0.3, 0.4) is 0 Å². The standard InChI is InChI=1S/C26H27N3O3/c30-25-18-32-26(20-29(25)23-9-2-1-3-10-23)12-14-28(19-26)16-21-7-6-11-24(15-21)31-17-22-8-4-5-13-27-22/h1-11,13,15H,12,14,16-20H2/t26-/m0/s1. The van der Waals surface area contributed by atoms with Crippen LogP contribution in [0.1, 0.15) is 17.7 Å². The van der Waals surface area contributed by atoms with Gasteiger partial charge in [0, 0.05) is 31.5 Å². The number of rotatable bonds is 6. The monoisotopic (exact) mass is 429 g/mol. The maximum Gasteiger partial charge on any atom is 0.253 e. The molecule has 0 bridgehead atoms. The minimum Gasteiger partial charge on any atom is -0.487 e. The normalized spacial score (nSPS) is 21.2. The number of hydrogen-bond acceptors (Lipinski definition) is 5. The van der Waals surface area contributed by atoms with Crippen LogP contribution < -0.4 is 9.64 Å². The fraction of sp³-hybridized carbons (Fsp3) is 0.308. The number of ether oxygens (including phenoxy) is 2. The second-order valence-corrected chi connectivity index (χ2v) is 8.50. The molecule has 2 aromatic carbocycles. The summed E-state index contributed by atoms with van der Waals surface area (Å²) in [6.07, 6.45) is 2.69. The third-order valence-electron chi connectivity index (χ3n) is 6.13. The molecule has 1 spiro atoms. The number of nitrogens with zero attached hydrogens (tertiary/aromatic N) is 3. The van der Waals surface area contributed by atoms with Gasteiger partial charge in [0.1, 0.15) is 24.6 Å². The first kappa shape index (κ1) is 20.7. The van der Waals surface area contributed by atoms with Crippen molar-refractivity contribution in [1.82, 2.24) is 9.88 Å². The van der Waals surface area contributed by atoms with E-state index in [-0.39, 0.29) is 18.1 Å². The Labute approximate surface area is 188 Å². The number of carbonyl (C=O) groups excluding carboxylic acids is 1. The molecule has 5 rings (SSSR count). The third kappa shape index (κ3) is 4.66. The van der Waals surface area contributed by atoms with E-state index in [0.29, 0.717) is 13.2 Å². The van der Waals surface area contributed by atoms with Crippen LogP contribution in [0.15, 0.2) is 79.0 Å². The first-order valence-corrected chi connectivity index (χ1v) is 11.0. The van der Waals surface area contributed by atoms with Crippen molar-refractivity contribution >= 4 is 11.6 Å². The summed E-state index contributed by atoms with van der Waals surface area (Å²) in [5.41, 5.74) is 2.74. The Hall–Kier alpha value is -3.22. The molecule has 6 nitrogen and oxygen atoms in total. The molecule has 2 saturated heterocycles. The van der Waals surface area contributed by atoms with Gasteiger partial charge in [0.15, 0.2) is 0 Å². The van der Waals surface area contributed by atoms with Gasteiger partial charge in [-0.15, -0.1) is 0 Å². The van der Waals surface area contributed by atoms with E-state index in [2.05, 4.69) is 22.0 Å². The molecule has 2 aliphatic heterocycles. The maximum atomic E-state index is 12.5. The van der Waals surface area contributed by atoms with Gasteiger partial charge in [0.25, 0.3) is 5.91 Å². The number of likely N-dealkylation sites (tertiary alicyclic amines) is 1. The van der Waals surface area contributed by atoms with Crippen molar-refractivity contribution in [2.24, 2.45) is 0 Å². The van der Waals surface area contributed by atoms with E-state index in [9.17, 15) is 4.79 Å². The van der Waals surface area contributed by atoms with E-state index >= 15 is 0 Å². The molecule has 1 amide bonds.